The molecule has 1 aliphatic rings. The van der Waals surface area contributed by atoms with Crippen LogP contribution in [0, 0.1) is 0 Å². The molecule has 0 aromatic carbocycles. The average Bonchev–Trinajstić information content (AvgIpc) is 2.46. The van der Waals surface area contributed by atoms with Crippen LogP contribution in [0.3, 0.4) is 0 Å². The molecule has 1 aliphatic carbocycles. The SMILES string of the molecule is O=C(OCc1cnc(CO)cn1)C1=CCCC=C1. The average molecular weight is 246 g/mol. The van der Waals surface area contributed by atoms with E-state index in [0.29, 0.717) is 17.0 Å². The number of esters is 1. The van der Waals surface area contributed by atoms with Gasteiger partial charge < -0.3 is 9.84 Å². The van der Waals surface area contributed by atoms with Crippen molar-refractivity contribution in [3.8, 4) is 0 Å². The van der Waals surface area contributed by atoms with Gasteiger partial charge in [-0.25, -0.2) is 4.79 Å². The molecule has 0 atom stereocenters. The quantitative estimate of drug-likeness (QED) is 0.810. The fraction of sp³-hybridized carbons (Fsp3) is 0.308. The molecular formula is C13H14N2O3. The number of hydrogen-bond donors (Lipinski definition) is 1. The summed E-state index contributed by atoms with van der Waals surface area (Å²) in [5, 5.41) is 8.81. The van der Waals surface area contributed by atoms with Crippen LogP contribution in [0.25, 0.3) is 0 Å². The topological polar surface area (TPSA) is 72.3 Å². The fourth-order valence-corrected chi connectivity index (χ4v) is 1.53. The zero-order valence-corrected chi connectivity index (χ0v) is 9.87. The zero-order chi connectivity index (χ0) is 12.8. The van der Waals surface area contributed by atoms with Crippen LogP contribution in [0.4, 0.5) is 0 Å². The van der Waals surface area contributed by atoms with Gasteiger partial charge >= 0.3 is 5.97 Å². The lowest BCUT2D eigenvalue weighted by Crippen LogP contribution is -2.09. The molecule has 0 radical (unpaired) electrons. The third-order valence-corrected chi connectivity index (χ3v) is 2.50. The first kappa shape index (κ1) is 12.4. The van der Waals surface area contributed by atoms with Gasteiger partial charge in [0.25, 0.3) is 0 Å². The lowest BCUT2D eigenvalue weighted by molar-refractivity contribution is -0.140. The third-order valence-electron chi connectivity index (χ3n) is 2.50. The van der Waals surface area contributed by atoms with Crippen LogP contribution in [-0.2, 0) is 22.7 Å². The van der Waals surface area contributed by atoms with Crippen molar-refractivity contribution in [2.45, 2.75) is 26.1 Å². The van der Waals surface area contributed by atoms with E-state index >= 15 is 0 Å². The Bertz CT molecular complexity index is 478. The first-order valence-corrected chi connectivity index (χ1v) is 5.74. The summed E-state index contributed by atoms with van der Waals surface area (Å²) in [6.07, 6.45) is 10.4. The first-order valence-electron chi connectivity index (χ1n) is 5.74. The molecule has 2 rings (SSSR count). The van der Waals surface area contributed by atoms with Crippen molar-refractivity contribution in [2.24, 2.45) is 0 Å². The van der Waals surface area contributed by atoms with E-state index in [1.165, 1.54) is 12.4 Å². The molecule has 94 valence electrons. The highest BCUT2D eigenvalue weighted by atomic mass is 16.5. The number of hydrogen-bond acceptors (Lipinski definition) is 5. The van der Waals surface area contributed by atoms with Gasteiger partial charge in [-0.2, -0.15) is 0 Å². The number of aliphatic hydroxyl groups is 1. The minimum absolute atomic E-state index is 0.0860. The van der Waals surface area contributed by atoms with E-state index in [2.05, 4.69) is 9.97 Å². The summed E-state index contributed by atoms with van der Waals surface area (Å²) < 4.78 is 5.12. The van der Waals surface area contributed by atoms with E-state index in [9.17, 15) is 4.79 Å². The maximum Gasteiger partial charge on any atom is 0.338 e. The van der Waals surface area contributed by atoms with Gasteiger partial charge in [0.2, 0.25) is 0 Å². The second-order valence-electron chi connectivity index (χ2n) is 3.87. The van der Waals surface area contributed by atoms with Crippen LogP contribution in [0.2, 0.25) is 0 Å². The van der Waals surface area contributed by atoms with Crippen LogP contribution >= 0.6 is 0 Å². The van der Waals surface area contributed by atoms with Crippen LogP contribution in [0.15, 0.2) is 36.2 Å². The van der Waals surface area contributed by atoms with Gasteiger partial charge in [-0.15, -0.1) is 0 Å². The number of nitrogens with zero attached hydrogens (tertiary/aromatic N) is 2. The number of carbonyl (C=O) groups is 1. The molecule has 5 heteroatoms. The Hall–Kier alpha value is -2.01. The minimum Gasteiger partial charge on any atom is -0.456 e. The van der Waals surface area contributed by atoms with E-state index in [4.69, 9.17) is 9.84 Å². The molecule has 0 saturated carbocycles. The van der Waals surface area contributed by atoms with Crippen molar-refractivity contribution in [3.05, 3.63) is 47.6 Å². The Morgan fingerprint density at radius 3 is 2.67 bits per heavy atom. The van der Waals surface area contributed by atoms with Gasteiger partial charge in [-0.05, 0) is 12.8 Å². The van der Waals surface area contributed by atoms with Crippen molar-refractivity contribution in [2.75, 3.05) is 0 Å². The zero-order valence-electron chi connectivity index (χ0n) is 9.87. The Morgan fingerprint density at radius 2 is 2.06 bits per heavy atom. The first-order chi connectivity index (χ1) is 8.79. The maximum atomic E-state index is 11.7. The molecule has 0 amide bonds. The molecule has 1 N–H and O–H groups in total. The summed E-state index contributed by atoms with van der Waals surface area (Å²) in [6, 6.07) is 0. The Balaban J connectivity index is 1.88. The molecule has 5 nitrogen and oxygen atoms in total. The van der Waals surface area contributed by atoms with E-state index in [1.54, 1.807) is 6.08 Å². The summed E-state index contributed by atoms with van der Waals surface area (Å²) in [6.45, 7) is -0.0620. The Kier molecular flexibility index (Phi) is 4.20. The highest BCUT2D eigenvalue weighted by Crippen LogP contribution is 2.11. The van der Waals surface area contributed by atoms with Gasteiger partial charge in [0, 0.05) is 0 Å². The fourth-order valence-electron chi connectivity index (χ4n) is 1.53. The number of allylic oxidation sites excluding steroid dienone is 2. The lowest BCUT2D eigenvalue weighted by atomic mass is 10.1. The van der Waals surface area contributed by atoms with Crippen LogP contribution in [0.1, 0.15) is 24.2 Å². The molecule has 1 aromatic heterocycles. The molecule has 0 unspecified atom stereocenters. The normalized spacial score (nSPS) is 14.2. The van der Waals surface area contributed by atoms with Crippen molar-refractivity contribution in [1.29, 1.82) is 0 Å². The van der Waals surface area contributed by atoms with E-state index in [1.807, 2.05) is 12.2 Å². The van der Waals surface area contributed by atoms with Crippen molar-refractivity contribution >= 4 is 5.97 Å². The second-order valence-corrected chi connectivity index (χ2v) is 3.87. The van der Waals surface area contributed by atoms with E-state index in [-0.39, 0.29) is 19.2 Å². The molecule has 0 aliphatic heterocycles. The minimum atomic E-state index is -0.348. The summed E-state index contributed by atoms with van der Waals surface area (Å²) in [4.78, 5) is 19.6. The molecule has 0 fully saturated rings. The number of aromatic nitrogens is 2. The van der Waals surface area contributed by atoms with Gasteiger partial charge in [0.15, 0.2) is 0 Å². The van der Waals surface area contributed by atoms with Crippen LogP contribution in [-0.4, -0.2) is 21.0 Å². The van der Waals surface area contributed by atoms with Gasteiger partial charge in [-0.3, -0.25) is 9.97 Å². The largest absolute Gasteiger partial charge is 0.456 e. The van der Waals surface area contributed by atoms with E-state index in [0.717, 1.165) is 12.8 Å². The smallest absolute Gasteiger partial charge is 0.338 e. The number of rotatable bonds is 4. The molecule has 18 heavy (non-hydrogen) atoms. The maximum absolute atomic E-state index is 11.7. The molecule has 1 heterocycles. The van der Waals surface area contributed by atoms with Gasteiger partial charge in [0.05, 0.1) is 36.0 Å². The number of aliphatic hydroxyl groups excluding tert-OH is 1. The Labute approximate surface area is 105 Å². The highest BCUT2D eigenvalue weighted by molar-refractivity contribution is 5.91. The van der Waals surface area contributed by atoms with E-state index < -0.39 is 0 Å². The van der Waals surface area contributed by atoms with Gasteiger partial charge in [-0.1, -0.05) is 18.2 Å². The second kappa shape index (κ2) is 6.07. The molecule has 0 bridgehead atoms. The Morgan fingerprint density at radius 1 is 1.28 bits per heavy atom. The number of carbonyl (C=O) groups excluding carboxylic acids is 1. The lowest BCUT2D eigenvalue weighted by Gasteiger charge is -2.07. The number of ether oxygens (including phenoxy) is 1. The monoisotopic (exact) mass is 246 g/mol. The summed E-state index contributed by atoms with van der Waals surface area (Å²) in [5.41, 5.74) is 1.63. The summed E-state index contributed by atoms with van der Waals surface area (Å²) in [7, 11) is 0. The predicted molar refractivity (Wildman–Crippen MR) is 64.2 cm³/mol. The van der Waals surface area contributed by atoms with Gasteiger partial charge in [0.1, 0.15) is 6.61 Å². The standard InChI is InChI=1S/C13H14N2O3/c16-8-11-6-15-12(7-14-11)9-18-13(17)10-4-2-1-3-5-10/h2,4-7,16H,1,3,8-9H2. The molecular weight excluding hydrogens is 232 g/mol. The van der Waals surface area contributed by atoms with Crippen molar-refractivity contribution < 1.29 is 14.6 Å². The van der Waals surface area contributed by atoms with Crippen LogP contribution in [0.5, 0.6) is 0 Å². The van der Waals surface area contributed by atoms with Crippen molar-refractivity contribution in [1.82, 2.24) is 9.97 Å². The molecule has 0 spiro atoms. The third kappa shape index (κ3) is 3.24. The van der Waals surface area contributed by atoms with Crippen molar-refractivity contribution in [3.63, 3.8) is 0 Å². The molecule has 1 aromatic rings. The predicted octanol–water partition coefficient (Wildman–Crippen LogP) is 1.29. The highest BCUT2D eigenvalue weighted by Gasteiger charge is 2.10. The summed E-state index contributed by atoms with van der Waals surface area (Å²) in [5.74, 6) is -0.348. The van der Waals surface area contributed by atoms with Crippen LogP contribution < -0.4 is 0 Å². The summed E-state index contributed by atoms with van der Waals surface area (Å²) >= 11 is 0. The molecule has 0 saturated heterocycles.